The number of fused-ring (bicyclic) bond motifs is 2. The summed E-state index contributed by atoms with van der Waals surface area (Å²) in [6.45, 7) is 6.70. The standard InChI is InChI=1S/C18H30N2/c1-2-4-18(5-3-1)20-10-8-19(9-11-20)14-17-13-15-6-7-16(17)12-15/h6-7,15-18H,1-5,8-14H2. The van der Waals surface area contributed by atoms with E-state index < -0.39 is 0 Å². The van der Waals surface area contributed by atoms with Gasteiger partial charge in [0.15, 0.2) is 0 Å². The van der Waals surface area contributed by atoms with Gasteiger partial charge in [0.2, 0.25) is 0 Å². The van der Waals surface area contributed by atoms with Gasteiger partial charge >= 0.3 is 0 Å². The smallest absolute Gasteiger partial charge is 0.0113 e. The number of hydrogen-bond acceptors (Lipinski definition) is 2. The molecule has 3 atom stereocenters. The van der Waals surface area contributed by atoms with Crippen molar-refractivity contribution in [3.8, 4) is 0 Å². The fourth-order valence-electron chi connectivity index (χ4n) is 5.19. The summed E-state index contributed by atoms with van der Waals surface area (Å²) in [6.07, 6.45) is 15.3. The van der Waals surface area contributed by atoms with Crippen molar-refractivity contribution in [2.45, 2.75) is 51.0 Å². The van der Waals surface area contributed by atoms with E-state index in [1.807, 2.05) is 0 Å². The molecule has 1 saturated heterocycles. The maximum Gasteiger partial charge on any atom is 0.0113 e. The van der Waals surface area contributed by atoms with Crippen LogP contribution >= 0.6 is 0 Å². The van der Waals surface area contributed by atoms with Gasteiger partial charge in [-0.25, -0.2) is 0 Å². The summed E-state index contributed by atoms with van der Waals surface area (Å²) in [7, 11) is 0. The molecule has 4 rings (SSSR count). The molecule has 0 spiro atoms. The van der Waals surface area contributed by atoms with Crippen LogP contribution in [0.2, 0.25) is 0 Å². The molecule has 0 aromatic heterocycles. The maximum absolute atomic E-state index is 2.80. The molecule has 0 aromatic carbocycles. The zero-order valence-electron chi connectivity index (χ0n) is 12.8. The summed E-state index contributed by atoms with van der Waals surface area (Å²) in [6, 6.07) is 0.927. The van der Waals surface area contributed by atoms with Crippen LogP contribution in [0.25, 0.3) is 0 Å². The highest BCUT2D eigenvalue weighted by Gasteiger charge is 2.37. The molecule has 0 N–H and O–H groups in total. The van der Waals surface area contributed by atoms with E-state index in [0.29, 0.717) is 0 Å². The Morgan fingerprint density at radius 3 is 2.30 bits per heavy atom. The summed E-state index contributed by atoms with van der Waals surface area (Å²) in [5.74, 6) is 2.84. The van der Waals surface area contributed by atoms with E-state index in [1.165, 1.54) is 77.7 Å². The van der Waals surface area contributed by atoms with E-state index in [-0.39, 0.29) is 0 Å². The van der Waals surface area contributed by atoms with E-state index in [1.54, 1.807) is 0 Å². The van der Waals surface area contributed by atoms with E-state index >= 15 is 0 Å². The number of hydrogen-bond donors (Lipinski definition) is 0. The molecule has 1 aliphatic heterocycles. The van der Waals surface area contributed by atoms with Crippen molar-refractivity contribution in [2.24, 2.45) is 17.8 Å². The van der Waals surface area contributed by atoms with Crippen LogP contribution in [0.5, 0.6) is 0 Å². The molecule has 2 heteroatoms. The van der Waals surface area contributed by atoms with Gasteiger partial charge in [-0.05, 0) is 43.4 Å². The zero-order chi connectivity index (χ0) is 13.4. The van der Waals surface area contributed by atoms with Crippen LogP contribution in [-0.4, -0.2) is 48.6 Å². The Labute approximate surface area is 124 Å². The van der Waals surface area contributed by atoms with Crippen LogP contribution in [-0.2, 0) is 0 Å². The first kappa shape index (κ1) is 13.3. The summed E-state index contributed by atoms with van der Waals surface area (Å²) >= 11 is 0. The third-order valence-corrected chi connectivity index (χ3v) is 6.41. The number of piperazine rings is 1. The molecule has 3 aliphatic carbocycles. The molecule has 2 nitrogen and oxygen atoms in total. The van der Waals surface area contributed by atoms with Crippen molar-refractivity contribution < 1.29 is 0 Å². The first-order valence-corrected chi connectivity index (χ1v) is 9.03. The lowest BCUT2D eigenvalue weighted by Crippen LogP contribution is -2.51. The van der Waals surface area contributed by atoms with Crippen LogP contribution in [0.4, 0.5) is 0 Å². The predicted octanol–water partition coefficient (Wildman–Crippen LogP) is 3.15. The SMILES string of the molecule is C1=CC2CC1CC2CN1CCN(C2CCCCC2)CC1. The molecule has 0 aromatic rings. The largest absolute Gasteiger partial charge is 0.300 e. The van der Waals surface area contributed by atoms with Crippen molar-refractivity contribution in [3.63, 3.8) is 0 Å². The lowest BCUT2D eigenvalue weighted by molar-refractivity contribution is 0.0686. The molecule has 2 bridgehead atoms. The van der Waals surface area contributed by atoms with E-state index in [9.17, 15) is 0 Å². The van der Waals surface area contributed by atoms with Gasteiger partial charge in [-0.15, -0.1) is 0 Å². The lowest BCUT2D eigenvalue weighted by Gasteiger charge is -2.41. The van der Waals surface area contributed by atoms with Gasteiger partial charge in [0, 0.05) is 38.8 Å². The van der Waals surface area contributed by atoms with Crippen molar-refractivity contribution in [2.75, 3.05) is 32.7 Å². The molecule has 1 heterocycles. The maximum atomic E-state index is 2.80. The Morgan fingerprint density at radius 2 is 1.65 bits per heavy atom. The Kier molecular flexibility index (Phi) is 3.87. The van der Waals surface area contributed by atoms with Gasteiger partial charge in [-0.2, -0.15) is 0 Å². The average molecular weight is 274 g/mol. The van der Waals surface area contributed by atoms with E-state index in [0.717, 1.165) is 23.8 Å². The Balaban J connectivity index is 1.24. The summed E-state index contributed by atoms with van der Waals surface area (Å²) in [5.41, 5.74) is 0. The Hall–Kier alpha value is -0.340. The van der Waals surface area contributed by atoms with E-state index in [2.05, 4.69) is 22.0 Å². The van der Waals surface area contributed by atoms with Gasteiger partial charge < -0.3 is 4.90 Å². The van der Waals surface area contributed by atoms with Crippen molar-refractivity contribution in [1.82, 2.24) is 9.80 Å². The van der Waals surface area contributed by atoms with E-state index in [4.69, 9.17) is 0 Å². The first-order chi connectivity index (χ1) is 9.88. The van der Waals surface area contributed by atoms with Crippen LogP contribution < -0.4 is 0 Å². The lowest BCUT2D eigenvalue weighted by atomic mass is 9.92. The average Bonchev–Trinajstić information content (AvgIpc) is 3.12. The van der Waals surface area contributed by atoms with Crippen LogP contribution in [0.15, 0.2) is 12.2 Å². The molecule has 3 unspecified atom stereocenters. The van der Waals surface area contributed by atoms with Gasteiger partial charge in [-0.1, -0.05) is 31.4 Å². The second-order valence-corrected chi connectivity index (χ2v) is 7.67. The topological polar surface area (TPSA) is 6.48 Å². The normalized spacial score (nSPS) is 39.7. The highest BCUT2D eigenvalue weighted by atomic mass is 15.3. The highest BCUT2D eigenvalue weighted by molar-refractivity contribution is 5.10. The van der Waals surface area contributed by atoms with Crippen LogP contribution in [0, 0.1) is 17.8 Å². The molecule has 0 radical (unpaired) electrons. The second-order valence-electron chi connectivity index (χ2n) is 7.67. The molecule has 3 fully saturated rings. The fourth-order valence-corrected chi connectivity index (χ4v) is 5.19. The molecular weight excluding hydrogens is 244 g/mol. The third kappa shape index (κ3) is 2.69. The molecular formula is C18H30N2. The van der Waals surface area contributed by atoms with Gasteiger partial charge in [0.1, 0.15) is 0 Å². The monoisotopic (exact) mass is 274 g/mol. The first-order valence-electron chi connectivity index (χ1n) is 9.03. The fraction of sp³-hybridized carbons (Fsp3) is 0.889. The van der Waals surface area contributed by atoms with Crippen molar-refractivity contribution in [1.29, 1.82) is 0 Å². The zero-order valence-corrected chi connectivity index (χ0v) is 12.8. The van der Waals surface area contributed by atoms with Gasteiger partial charge in [-0.3, -0.25) is 4.90 Å². The highest BCUT2D eigenvalue weighted by Crippen LogP contribution is 2.43. The quantitative estimate of drug-likeness (QED) is 0.730. The molecule has 20 heavy (non-hydrogen) atoms. The molecule has 4 aliphatic rings. The van der Waals surface area contributed by atoms with Gasteiger partial charge in [0.05, 0.1) is 0 Å². The molecule has 0 amide bonds. The number of nitrogens with zero attached hydrogens (tertiary/aromatic N) is 2. The number of allylic oxidation sites excluding steroid dienone is 2. The van der Waals surface area contributed by atoms with Crippen molar-refractivity contribution in [3.05, 3.63) is 12.2 Å². The minimum Gasteiger partial charge on any atom is -0.300 e. The third-order valence-electron chi connectivity index (χ3n) is 6.41. The minimum atomic E-state index is 0.927. The van der Waals surface area contributed by atoms with Crippen molar-refractivity contribution >= 4 is 0 Å². The Bertz CT molecular complexity index is 350. The summed E-state index contributed by atoms with van der Waals surface area (Å²) in [4.78, 5) is 5.56. The number of rotatable bonds is 3. The van der Waals surface area contributed by atoms with Crippen LogP contribution in [0.3, 0.4) is 0 Å². The van der Waals surface area contributed by atoms with Crippen LogP contribution in [0.1, 0.15) is 44.9 Å². The summed E-state index contributed by atoms with van der Waals surface area (Å²) in [5, 5.41) is 0. The minimum absolute atomic E-state index is 0.927. The summed E-state index contributed by atoms with van der Waals surface area (Å²) < 4.78 is 0. The Morgan fingerprint density at radius 1 is 0.850 bits per heavy atom. The molecule has 2 saturated carbocycles. The molecule has 112 valence electrons. The van der Waals surface area contributed by atoms with Gasteiger partial charge in [0.25, 0.3) is 0 Å². The second kappa shape index (κ2) is 5.81. The predicted molar refractivity (Wildman–Crippen MR) is 83.7 cm³/mol.